The number of hydrogen-bond acceptors (Lipinski definition) is 4. The first-order valence-electron chi connectivity index (χ1n) is 22.5. The van der Waals surface area contributed by atoms with E-state index in [-0.39, 0.29) is 0 Å². The molecule has 2 bridgehead atoms. The van der Waals surface area contributed by atoms with Gasteiger partial charge in [-0.3, -0.25) is 0 Å². The van der Waals surface area contributed by atoms with Gasteiger partial charge in [0, 0.05) is 38.6 Å². The fraction of sp³-hybridized carbons (Fsp3) is 0.207. The Morgan fingerprint density at radius 2 is 1.15 bits per heavy atom. The lowest BCUT2D eigenvalue weighted by Gasteiger charge is -2.55. The number of aromatic nitrogens is 2. The van der Waals surface area contributed by atoms with E-state index in [1.807, 2.05) is 12.1 Å². The minimum absolute atomic E-state index is 0.293. The zero-order valence-electron chi connectivity index (χ0n) is 34.9. The highest BCUT2D eigenvalue weighted by molar-refractivity contribution is 6.06. The van der Waals surface area contributed by atoms with E-state index < -0.39 is 5.41 Å². The summed E-state index contributed by atoms with van der Waals surface area (Å²) in [6.07, 6.45) is 5.38. The van der Waals surface area contributed by atoms with Gasteiger partial charge in [-0.15, -0.1) is 0 Å². The molecule has 5 atom stereocenters. The molecular weight excluding hydrogens is 757 g/mol. The zero-order valence-corrected chi connectivity index (χ0v) is 34.9. The third kappa shape index (κ3) is 4.42. The van der Waals surface area contributed by atoms with Crippen LogP contribution in [-0.4, -0.2) is 9.97 Å². The van der Waals surface area contributed by atoms with Crippen LogP contribution in [0.3, 0.4) is 0 Å². The Kier molecular flexibility index (Phi) is 6.86. The van der Waals surface area contributed by atoms with Gasteiger partial charge in [-0.05, 0) is 137 Å². The molecule has 0 N–H and O–H groups in total. The molecule has 4 nitrogen and oxygen atoms in total. The summed E-state index contributed by atoms with van der Waals surface area (Å²) < 4.78 is 13.1. The van der Waals surface area contributed by atoms with Gasteiger partial charge in [0.15, 0.2) is 5.82 Å². The van der Waals surface area contributed by atoms with Crippen molar-refractivity contribution in [2.24, 2.45) is 23.2 Å². The molecule has 0 saturated heterocycles. The van der Waals surface area contributed by atoms with Gasteiger partial charge >= 0.3 is 0 Å². The van der Waals surface area contributed by atoms with Gasteiger partial charge < -0.3 is 9.15 Å². The molecule has 9 aromatic rings. The lowest BCUT2D eigenvalue weighted by molar-refractivity contribution is -0.0618. The average Bonchev–Trinajstić information content (AvgIpc) is 4.03. The summed E-state index contributed by atoms with van der Waals surface area (Å²) in [5, 5.41) is 2.18. The summed E-state index contributed by atoms with van der Waals surface area (Å²) in [5.74, 6) is 4.99. The molecule has 3 unspecified atom stereocenters. The topological polar surface area (TPSA) is 48.2 Å². The molecule has 3 fully saturated rings. The molecule has 4 aliphatic carbocycles. The fourth-order valence-electron chi connectivity index (χ4n) is 13.9. The van der Waals surface area contributed by atoms with Crippen molar-refractivity contribution in [3.63, 3.8) is 0 Å². The van der Waals surface area contributed by atoms with Crippen molar-refractivity contribution in [2.45, 2.75) is 50.4 Å². The number of fused-ring (bicyclic) bond motifs is 13. The highest BCUT2D eigenvalue weighted by Gasteiger charge is 2.70. The minimum Gasteiger partial charge on any atom is -0.457 e. The van der Waals surface area contributed by atoms with Crippen molar-refractivity contribution in [3.8, 4) is 56.5 Å². The first-order chi connectivity index (χ1) is 30.4. The largest absolute Gasteiger partial charge is 0.457 e. The lowest BCUT2D eigenvalue weighted by Crippen LogP contribution is -2.48. The standard InChI is InChI=1S/C58H44N2O2/c1-34-27-40-32-56(31-35(2)57(34,40)33-56)39-23-19-36(20-24-39)55-59-49(37-21-25-52-44(28-37)43-13-5-9-17-51(43)61-52)30-50(60-55)38-22-26-54-48(29-38)58(47-16-8-10-18-53(47)62-54)45-14-6-3-11-41(45)42-12-4-7-15-46(42)58/h3-26,28-30,34-35,40H,27,31-33H2,1-2H3/t34?,35-,40?,56?,57-/m0/s1. The smallest absolute Gasteiger partial charge is 0.160 e. The quantitative estimate of drug-likeness (QED) is 0.178. The third-order valence-corrected chi connectivity index (χ3v) is 16.5. The average molecular weight is 801 g/mol. The van der Waals surface area contributed by atoms with Gasteiger partial charge in [0.1, 0.15) is 22.7 Å². The van der Waals surface area contributed by atoms with E-state index in [1.165, 1.54) is 53.5 Å². The van der Waals surface area contributed by atoms with E-state index in [2.05, 4.69) is 166 Å². The molecule has 14 rings (SSSR count). The van der Waals surface area contributed by atoms with Crippen molar-refractivity contribution in [2.75, 3.05) is 0 Å². The molecule has 2 aromatic heterocycles. The molecule has 0 radical (unpaired) electrons. The molecule has 3 saturated carbocycles. The Labute approximate surface area is 361 Å². The number of benzene rings is 7. The molecule has 4 heteroatoms. The number of para-hydroxylation sites is 2. The van der Waals surface area contributed by atoms with Gasteiger partial charge in [0.25, 0.3) is 0 Å². The number of nitrogens with zero attached hydrogens (tertiary/aromatic N) is 2. The first kappa shape index (κ1) is 34.9. The van der Waals surface area contributed by atoms with Crippen LogP contribution in [0.5, 0.6) is 11.5 Å². The molecule has 2 spiro atoms. The second-order valence-electron chi connectivity index (χ2n) is 19.2. The number of furan rings is 1. The molecule has 0 amide bonds. The van der Waals surface area contributed by atoms with Crippen LogP contribution < -0.4 is 4.74 Å². The van der Waals surface area contributed by atoms with Crippen molar-refractivity contribution in [3.05, 3.63) is 192 Å². The first-order valence-corrected chi connectivity index (χ1v) is 22.5. The molecule has 7 aromatic carbocycles. The summed E-state index contributed by atoms with van der Waals surface area (Å²) in [7, 11) is 0. The van der Waals surface area contributed by atoms with Crippen molar-refractivity contribution >= 4 is 21.9 Å². The maximum atomic E-state index is 6.80. The van der Waals surface area contributed by atoms with Crippen molar-refractivity contribution in [1.82, 2.24) is 9.97 Å². The third-order valence-electron chi connectivity index (χ3n) is 16.5. The summed E-state index contributed by atoms with van der Waals surface area (Å²) >= 11 is 0. The summed E-state index contributed by atoms with van der Waals surface area (Å²) in [6.45, 7) is 5.03. The van der Waals surface area contributed by atoms with Gasteiger partial charge in [0.05, 0.1) is 16.8 Å². The van der Waals surface area contributed by atoms with E-state index in [0.29, 0.717) is 10.8 Å². The van der Waals surface area contributed by atoms with E-state index in [1.54, 1.807) is 0 Å². The molecular formula is C58H44N2O2. The van der Waals surface area contributed by atoms with Crippen LogP contribution in [0, 0.1) is 23.2 Å². The Morgan fingerprint density at radius 3 is 1.89 bits per heavy atom. The van der Waals surface area contributed by atoms with E-state index in [4.69, 9.17) is 19.1 Å². The minimum atomic E-state index is -0.567. The van der Waals surface area contributed by atoms with Crippen LogP contribution in [0.1, 0.15) is 67.3 Å². The molecule has 1 aliphatic heterocycles. The van der Waals surface area contributed by atoms with Crippen LogP contribution in [0.4, 0.5) is 0 Å². The Morgan fingerprint density at radius 1 is 0.516 bits per heavy atom. The van der Waals surface area contributed by atoms with Gasteiger partial charge in [-0.2, -0.15) is 0 Å². The molecule has 62 heavy (non-hydrogen) atoms. The van der Waals surface area contributed by atoms with Crippen LogP contribution in [-0.2, 0) is 10.8 Å². The second kappa shape index (κ2) is 12.2. The maximum absolute atomic E-state index is 6.80. The van der Waals surface area contributed by atoms with Gasteiger partial charge in [0.2, 0.25) is 0 Å². The van der Waals surface area contributed by atoms with Crippen LogP contribution in [0.25, 0.3) is 67.0 Å². The van der Waals surface area contributed by atoms with Gasteiger partial charge in [-0.1, -0.05) is 123 Å². The second-order valence-corrected chi connectivity index (χ2v) is 19.2. The predicted molar refractivity (Wildman–Crippen MR) is 247 cm³/mol. The van der Waals surface area contributed by atoms with E-state index in [9.17, 15) is 0 Å². The van der Waals surface area contributed by atoms with Gasteiger partial charge in [-0.25, -0.2) is 9.97 Å². The molecule has 3 heterocycles. The Hall–Kier alpha value is -6.78. The summed E-state index contributed by atoms with van der Waals surface area (Å²) in [6, 6.07) is 59.3. The number of ether oxygens (including phenoxy) is 1. The summed E-state index contributed by atoms with van der Waals surface area (Å²) in [4.78, 5) is 10.8. The molecule has 5 aliphatic rings. The highest BCUT2D eigenvalue weighted by Crippen LogP contribution is 2.77. The predicted octanol–water partition coefficient (Wildman–Crippen LogP) is 14.6. The number of rotatable bonds is 4. The SMILES string of the molecule is CC1CC2CC3(c4ccc(-c5nc(-c6ccc7c(c6)C6(c8ccccc8O7)c7ccccc7-c7ccccc76)cc(-c6ccc7oc8ccccc8c7c6)n5)cc4)C[C@H](C)[C@]12C3. The molecule has 298 valence electrons. The van der Waals surface area contributed by atoms with Crippen LogP contribution >= 0.6 is 0 Å². The Balaban J connectivity index is 0.953. The van der Waals surface area contributed by atoms with Crippen LogP contribution in [0.2, 0.25) is 0 Å². The van der Waals surface area contributed by atoms with Crippen molar-refractivity contribution in [1.29, 1.82) is 0 Å². The highest BCUT2D eigenvalue weighted by atomic mass is 16.5. The van der Waals surface area contributed by atoms with Crippen molar-refractivity contribution < 1.29 is 9.15 Å². The number of hydrogen-bond donors (Lipinski definition) is 0. The lowest BCUT2D eigenvalue weighted by atomic mass is 9.50. The Bertz CT molecular complexity index is 3300. The summed E-state index contributed by atoms with van der Waals surface area (Å²) in [5.41, 5.74) is 15.7. The maximum Gasteiger partial charge on any atom is 0.160 e. The normalized spacial score (nSPS) is 24.3. The van der Waals surface area contributed by atoms with E-state index in [0.717, 1.165) is 96.2 Å². The fourth-order valence-corrected chi connectivity index (χ4v) is 13.9. The monoisotopic (exact) mass is 800 g/mol. The zero-order chi connectivity index (χ0) is 41.0. The van der Waals surface area contributed by atoms with Crippen LogP contribution in [0.15, 0.2) is 168 Å². The van der Waals surface area contributed by atoms with E-state index >= 15 is 0 Å².